The smallest absolute Gasteiger partial charge is 0.178 e. The minimum atomic E-state index is -1.50. The highest BCUT2D eigenvalue weighted by atomic mass is 16.5. The summed E-state index contributed by atoms with van der Waals surface area (Å²) in [7, 11) is 0. The summed E-state index contributed by atoms with van der Waals surface area (Å²) in [4.78, 5) is 4.46. The van der Waals surface area contributed by atoms with Gasteiger partial charge in [-0.2, -0.15) is 5.10 Å². The first-order valence-electron chi connectivity index (χ1n) is 9.11. The van der Waals surface area contributed by atoms with Gasteiger partial charge < -0.3 is 20.1 Å². The van der Waals surface area contributed by atoms with Gasteiger partial charge in [0.1, 0.15) is 6.10 Å². The zero-order chi connectivity index (χ0) is 19.0. The summed E-state index contributed by atoms with van der Waals surface area (Å²) in [5, 5.41) is 34.0. The summed E-state index contributed by atoms with van der Waals surface area (Å²) in [6.45, 7) is 2.47. The van der Waals surface area contributed by atoms with Crippen molar-refractivity contribution >= 4 is 11.0 Å². The maximum atomic E-state index is 10.4. The van der Waals surface area contributed by atoms with Crippen molar-refractivity contribution in [1.82, 2.24) is 14.8 Å². The maximum Gasteiger partial charge on any atom is 0.178 e. The minimum Gasteiger partial charge on any atom is -0.386 e. The Hall–Kier alpha value is -2.32. The fourth-order valence-electron chi connectivity index (χ4n) is 3.39. The number of hydrogen-bond donors (Lipinski definition) is 3. The molecule has 0 radical (unpaired) electrons. The molecule has 1 atom stereocenters. The number of ether oxygens (including phenoxy) is 1. The van der Waals surface area contributed by atoms with Crippen molar-refractivity contribution in [3.8, 4) is 5.69 Å². The van der Waals surface area contributed by atoms with Crippen LogP contribution >= 0.6 is 0 Å². The Labute approximate surface area is 156 Å². The van der Waals surface area contributed by atoms with Crippen LogP contribution in [0.5, 0.6) is 0 Å². The van der Waals surface area contributed by atoms with E-state index in [-0.39, 0.29) is 12.7 Å². The molecule has 0 amide bonds. The summed E-state index contributed by atoms with van der Waals surface area (Å²) in [6.07, 6.45) is 3.50. The summed E-state index contributed by atoms with van der Waals surface area (Å²) < 4.78 is 7.41. The van der Waals surface area contributed by atoms with Crippen molar-refractivity contribution in [2.45, 2.75) is 38.3 Å². The fourth-order valence-corrected chi connectivity index (χ4v) is 3.39. The van der Waals surface area contributed by atoms with Crippen LogP contribution in [0.2, 0.25) is 0 Å². The van der Waals surface area contributed by atoms with Crippen LogP contribution in [0.25, 0.3) is 16.7 Å². The monoisotopic (exact) mass is 369 g/mol. The number of aromatic nitrogens is 3. The molecule has 3 N–H and O–H groups in total. The molecule has 0 bridgehead atoms. The van der Waals surface area contributed by atoms with Gasteiger partial charge in [-0.1, -0.05) is 19.1 Å². The van der Waals surface area contributed by atoms with Gasteiger partial charge in [0.05, 0.1) is 24.6 Å². The molecule has 4 rings (SSSR count). The second-order valence-corrected chi connectivity index (χ2v) is 7.25. The number of benzene rings is 1. The standard InChI is InChI=1S/C20H23N3O4/c1-12-6-17(7-12)27-11-18(24)14-8-15-10-22-23(19(15)21-9-14)16-4-2-13(3-5-16)20(25)26/h2-5,8-10,12,17-18,20,24-26H,6-7,11H2,1H3/t12?,17?,18-/m1/s1. The molecule has 0 spiro atoms. The van der Waals surface area contributed by atoms with Crippen LogP contribution in [0.4, 0.5) is 0 Å². The molecule has 0 saturated heterocycles. The number of rotatable bonds is 6. The molecule has 27 heavy (non-hydrogen) atoms. The van der Waals surface area contributed by atoms with E-state index in [1.54, 1.807) is 41.3 Å². The Kier molecular flexibility index (Phi) is 4.92. The first-order valence-corrected chi connectivity index (χ1v) is 9.11. The summed E-state index contributed by atoms with van der Waals surface area (Å²) in [5.74, 6) is 0.714. The van der Waals surface area contributed by atoms with E-state index in [1.807, 2.05) is 6.07 Å². The van der Waals surface area contributed by atoms with Gasteiger partial charge >= 0.3 is 0 Å². The van der Waals surface area contributed by atoms with Crippen molar-refractivity contribution < 1.29 is 20.1 Å². The van der Waals surface area contributed by atoms with Crippen molar-refractivity contribution in [1.29, 1.82) is 0 Å². The minimum absolute atomic E-state index is 0.259. The third kappa shape index (κ3) is 3.72. The summed E-state index contributed by atoms with van der Waals surface area (Å²) in [6, 6.07) is 8.63. The molecule has 1 aromatic carbocycles. The average molecular weight is 369 g/mol. The van der Waals surface area contributed by atoms with Crippen LogP contribution in [0.3, 0.4) is 0 Å². The van der Waals surface area contributed by atoms with Crippen LogP contribution in [0, 0.1) is 5.92 Å². The normalized spacial score (nSPS) is 20.8. The summed E-state index contributed by atoms with van der Waals surface area (Å²) in [5.41, 5.74) is 2.54. The van der Waals surface area contributed by atoms with Crippen molar-refractivity contribution in [2.24, 2.45) is 5.92 Å². The first kappa shape index (κ1) is 18.1. The first-order chi connectivity index (χ1) is 13.0. The highest BCUT2D eigenvalue weighted by molar-refractivity contribution is 5.76. The Balaban J connectivity index is 1.50. The average Bonchev–Trinajstić information content (AvgIpc) is 3.07. The predicted octanol–water partition coefficient (Wildman–Crippen LogP) is 2.25. The van der Waals surface area contributed by atoms with Gasteiger partial charge in [0, 0.05) is 22.7 Å². The number of nitrogens with zero attached hydrogens (tertiary/aromatic N) is 3. The molecule has 3 aromatic rings. The van der Waals surface area contributed by atoms with E-state index in [1.165, 1.54) is 0 Å². The zero-order valence-corrected chi connectivity index (χ0v) is 15.1. The summed E-state index contributed by atoms with van der Waals surface area (Å²) >= 11 is 0. The molecule has 7 heteroatoms. The van der Waals surface area contributed by atoms with Crippen LogP contribution in [0.15, 0.2) is 42.7 Å². The van der Waals surface area contributed by atoms with Gasteiger partial charge in [0.2, 0.25) is 0 Å². The molecule has 7 nitrogen and oxygen atoms in total. The Morgan fingerprint density at radius 1 is 1.11 bits per heavy atom. The zero-order valence-electron chi connectivity index (χ0n) is 15.1. The molecule has 1 aliphatic rings. The van der Waals surface area contributed by atoms with Gasteiger partial charge in [0.25, 0.3) is 0 Å². The molecular weight excluding hydrogens is 346 g/mol. The second-order valence-electron chi connectivity index (χ2n) is 7.25. The molecule has 0 aliphatic heterocycles. The van der Waals surface area contributed by atoms with E-state index < -0.39 is 12.4 Å². The predicted molar refractivity (Wildman–Crippen MR) is 99.1 cm³/mol. The van der Waals surface area contributed by atoms with Gasteiger partial charge in [-0.15, -0.1) is 0 Å². The van der Waals surface area contributed by atoms with Crippen molar-refractivity contribution in [3.05, 3.63) is 53.9 Å². The Bertz CT molecular complexity index is 917. The second kappa shape index (κ2) is 7.36. The third-order valence-electron chi connectivity index (χ3n) is 5.07. The molecular formula is C20H23N3O4. The Morgan fingerprint density at radius 3 is 2.52 bits per heavy atom. The van der Waals surface area contributed by atoms with E-state index in [4.69, 9.17) is 4.74 Å². The largest absolute Gasteiger partial charge is 0.386 e. The highest BCUT2D eigenvalue weighted by Gasteiger charge is 2.26. The van der Waals surface area contributed by atoms with E-state index in [0.717, 1.165) is 23.9 Å². The number of aliphatic hydroxyl groups is 3. The quantitative estimate of drug-likeness (QED) is 0.576. The molecule has 1 fully saturated rings. The number of fused-ring (bicyclic) bond motifs is 1. The third-order valence-corrected chi connectivity index (χ3v) is 5.07. The molecule has 2 aromatic heterocycles. The van der Waals surface area contributed by atoms with E-state index in [0.29, 0.717) is 22.7 Å². The van der Waals surface area contributed by atoms with Crippen LogP contribution in [0.1, 0.15) is 43.3 Å². The van der Waals surface area contributed by atoms with Crippen molar-refractivity contribution in [3.63, 3.8) is 0 Å². The van der Waals surface area contributed by atoms with Gasteiger partial charge in [-0.3, -0.25) is 0 Å². The number of hydrogen-bond acceptors (Lipinski definition) is 6. The maximum absolute atomic E-state index is 10.4. The molecule has 1 saturated carbocycles. The van der Waals surface area contributed by atoms with Crippen LogP contribution in [-0.2, 0) is 4.74 Å². The fraction of sp³-hybridized carbons (Fsp3) is 0.400. The van der Waals surface area contributed by atoms with E-state index in [2.05, 4.69) is 17.0 Å². The van der Waals surface area contributed by atoms with E-state index in [9.17, 15) is 15.3 Å². The highest BCUT2D eigenvalue weighted by Crippen LogP contribution is 2.30. The van der Waals surface area contributed by atoms with Gasteiger partial charge in [0.15, 0.2) is 11.9 Å². The lowest BCUT2D eigenvalue weighted by Gasteiger charge is -2.33. The lowest BCUT2D eigenvalue weighted by molar-refractivity contribution is -0.0616. The SMILES string of the molecule is CC1CC(OC[C@@H](O)c2cnc3c(cnn3-c3ccc(C(O)O)cc3)c2)C1. The van der Waals surface area contributed by atoms with Crippen LogP contribution in [-0.4, -0.2) is 42.8 Å². The molecule has 0 unspecified atom stereocenters. The van der Waals surface area contributed by atoms with Crippen LogP contribution < -0.4 is 0 Å². The molecule has 142 valence electrons. The topological polar surface area (TPSA) is 101 Å². The lowest BCUT2D eigenvalue weighted by Crippen LogP contribution is -2.30. The van der Waals surface area contributed by atoms with Crippen molar-refractivity contribution in [2.75, 3.05) is 6.61 Å². The van der Waals surface area contributed by atoms with Gasteiger partial charge in [-0.05, 0) is 37.0 Å². The molecule has 2 heterocycles. The molecule has 1 aliphatic carbocycles. The number of aliphatic hydroxyl groups excluding tert-OH is 2. The number of pyridine rings is 1. The van der Waals surface area contributed by atoms with E-state index >= 15 is 0 Å². The lowest BCUT2D eigenvalue weighted by atomic mass is 9.84. The van der Waals surface area contributed by atoms with Gasteiger partial charge in [-0.25, -0.2) is 9.67 Å². The Morgan fingerprint density at radius 2 is 1.85 bits per heavy atom.